The lowest BCUT2D eigenvalue weighted by Gasteiger charge is -2.39. The molecule has 4 heterocycles. The van der Waals surface area contributed by atoms with E-state index >= 15 is 0 Å². The lowest BCUT2D eigenvalue weighted by molar-refractivity contribution is -0.148. The van der Waals surface area contributed by atoms with E-state index in [1.54, 1.807) is 4.90 Å². The van der Waals surface area contributed by atoms with Gasteiger partial charge in [0.25, 0.3) is 0 Å². The van der Waals surface area contributed by atoms with E-state index in [0.717, 1.165) is 5.56 Å². The van der Waals surface area contributed by atoms with Crippen LogP contribution in [0.1, 0.15) is 45.6 Å². The lowest BCUT2D eigenvalue weighted by atomic mass is 9.91. The number of benzene rings is 1. The molecule has 1 aromatic rings. The van der Waals surface area contributed by atoms with Gasteiger partial charge in [0.2, 0.25) is 17.7 Å². The van der Waals surface area contributed by atoms with E-state index in [-0.39, 0.29) is 55.1 Å². The first-order valence-electron chi connectivity index (χ1n) is 14.7. The second kappa shape index (κ2) is 12.3. The van der Waals surface area contributed by atoms with Crippen molar-refractivity contribution in [2.24, 2.45) is 5.41 Å². The van der Waals surface area contributed by atoms with Gasteiger partial charge < -0.3 is 34.8 Å². The summed E-state index contributed by atoms with van der Waals surface area (Å²) in [6.45, 7) is 8.46. The number of fused-ring (bicyclic) bond motifs is 6. The van der Waals surface area contributed by atoms with Crippen molar-refractivity contribution in [3.63, 3.8) is 0 Å². The van der Waals surface area contributed by atoms with Crippen LogP contribution in [-0.2, 0) is 30.4 Å². The number of hydrogen-bond acceptors (Lipinski definition) is 8. The third-order valence-corrected chi connectivity index (χ3v) is 8.44. The molecule has 0 unspecified atom stereocenters. The third kappa shape index (κ3) is 7.26. The fourth-order valence-electron chi connectivity index (χ4n) is 6.42. The van der Waals surface area contributed by atoms with Crippen LogP contribution in [0.4, 0.5) is 0 Å². The van der Waals surface area contributed by atoms with E-state index in [2.05, 4.69) is 10.2 Å². The monoisotopic (exact) mass is 572 g/mol. The first-order chi connectivity index (χ1) is 19.5. The maximum atomic E-state index is 13.9. The summed E-state index contributed by atoms with van der Waals surface area (Å²) < 4.78 is 12.0. The van der Waals surface area contributed by atoms with Gasteiger partial charge in [-0.1, -0.05) is 51.1 Å². The fraction of sp³-hybridized carbons (Fsp3) is 0.700. The van der Waals surface area contributed by atoms with Gasteiger partial charge in [-0.3, -0.25) is 19.3 Å². The number of carbonyl (C=O) groups is 3. The summed E-state index contributed by atoms with van der Waals surface area (Å²) in [4.78, 5) is 46.0. The normalized spacial score (nSPS) is 33.6. The number of rotatable bonds is 3. The molecule has 4 fully saturated rings. The molecular formula is C30H44N4O7. The molecule has 6 bridgehead atoms. The molecule has 4 aliphatic rings. The summed E-state index contributed by atoms with van der Waals surface area (Å²) in [5, 5.41) is 24.6. The maximum absolute atomic E-state index is 13.9. The molecule has 0 radical (unpaired) electrons. The Morgan fingerprint density at radius 3 is 2.49 bits per heavy atom. The SMILES string of the molecule is CC(C)(C)CC(=O)N1C[C@@H]2CN(CCO2)C(=O)[C@@H]2C[C@@H](CN2Cc2ccccc2)NC(=O)C[C@@H]2O[C@H](C1)[C@@H](O)[C@H]2O. The highest BCUT2D eigenvalue weighted by atomic mass is 16.5. The molecule has 3 amide bonds. The summed E-state index contributed by atoms with van der Waals surface area (Å²) in [6.07, 6.45) is -4.03. The number of aliphatic hydroxyl groups is 2. The second-order valence-corrected chi connectivity index (χ2v) is 13.1. The van der Waals surface area contributed by atoms with Crippen molar-refractivity contribution >= 4 is 17.7 Å². The Labute approximate surface area is 241 Å². The number of nitrogens with zero attached hydrogens (tertiary/aromatic N) is 3. The zero-order chi connectivity index (χ0) is 29.3. The first-order valence-corrected chi connectivity index (χ1v) is 14.7. The van der Waals surface area contributed by atoms with E-state index in [1.807, 2.05) is 56.0 Å². The van der Waals surface area contributed by atoms with Crippen molar-refractivity contribution in [3.05, 3.63) is 35.9 Å². The Morgan fingerprint density at radius 1 is 1.02 bits per heavy atom. The van der Waals surface area contributed by atoms with Gasteiger partial charge in [0.15, 0.2) is 0 Å². The molecule has 226 valence electrons. The van der Waals surface area contributed by atoms with Crippen LogP contribution in [0.5, 0.6) is 0 Å². The summed E-state index contributed by atoms with van der Waals surface area (Å²) in [5.74, 6) is -0.427. The second-order valence-electron chi connectivity index (χ2n) is 13.1. The largest absolute Gasteiger partial charge is 0.388 e. The highest BCUT2D eigenvalue weighted by molar-refractivity contribution is 5.83. The smallest absolute Gasteiger partial charge is 0.240 e. The molecule has 0 aliphatic carbocycles. The molecule has 1 aromatic carbocycles. The fourth-order valence-corrected chi connectivity index (χ4v) is 6.42. The molecular weight excluding hydrogens is 528 g/mol. The molecule has 0 aromatic heterocycles. The van der Waals surface area contributed by atoms with Crippen LogP contribution in [0, 0.1) is 5.41 Å². The van der Waals surface area contributed by atoms with Crippen molar-refractivity contribution in [1.29, 1.82) is 0 Å². The van der Waals surface area contributed by atoms with Crippen molar-refractivity contribution in [1.82, 2.24) is 20.0 Å². The van der Waals surface area contributed by atoms with Crippen LogP contribution < -0.4 is 5.32 Å². The van der Waals surface area contributed by atoms with Crippen LogP contribution >= 0.6 is 0 Å². The molecule has 5 rings (SSSR count). The van der Waals surface area contributed by atoms with E-state index < -0.39 is 36.6 Å². The van der Waals surface area contributed by atoms with Crippen LogP contribution in [0.2, 0.25) is 0 Å². The molecule has 4 aliphatic heterocycles. The molecule has 7 atom stereocenters. The third-order valence-electron chi connectivity index (χ3n) is 8.44. The van der Waals surface area contributed by atoms with Crippen molar-refractivity contribution in [2.45, 2.75) is 89.2 Å². The molecule has 0 spiro atoms. The number of aliphatic hydroxyl groups excluding tert-OH is 2. The Morgan fingerprint density at radius 2 is 1.76 bits per heavy atom. The van der Waals surface area contributed by atoms with E-state index in [9.17, 15) is 24.6 Å². The topological polar surface area (TPSA) is 132 Å². The van der Waals surface area contributed by atoms with Gasteiger partial charge in [-0.2, -0.15) is 0 Å². The number of ether oxygens (including phenoxy) is 2. The van der Waals surface area contributed by atoms with Crippen molar-refractivity contribution < 1.29 is 34.1 Å². The Balaban J connectivity index is 1.41. The zero-order valence-electron chi connectivity index (χ0n) is 24.3. The predicted octanol–water partition coefficient (Wildman–Crippen LogP) is 0.131. The standard InChI is InChI=1S/C30H44N4O7/c1-30(2,3)13-26(36)34-17-21-16-32(9-10-40-21)29(39)22-11-20(15-33(22)14-19-7-5-4-6-8-19)31-25(35)12-23-27(37)28(38)24(18-34)41-23/h4-8,20-24,27-28,37-38H,9-18H2,1-3H3,(H,31,35)/t20-,21-,22-,23-,24+,27-,28+/m0/s1. The quantitative estimate of drug-likeness (QED) is 0.466. The van der Waals surface area contributed by atoms with Gasteiger partial charge in [-0.15, -0.1) is 0 Å². The number of nitrogens with one attached hydrogen (secondary N) is 1. The first kappa shape index (κ1) is 29.9. The predicted molar refractivity (Wildman–Crippen MR) is 149 cm³/mol. The number of carbonyl (C=O) groups excluding carboxylic acids is 3. The summed E-state index contributed by atoms with van der Waals surface area (Å²) in [6, 6.07) is 9.29. The lowest BCUT2D eigenvalue weighted by Crippen LogP contribution is -2.55. The minimum Gasteiger partial charge on any atom is -0.388 e. The molecule has 41 heavy (non-hydrogen) atoms. The average molecular weight is 573 g/mol. The number of amides is 3. The zero-order valence-corrected chi connectivity index (χ0v) is 24.3. The van der Waals surface area contributed by atoms with Gasteiger partial charge in [0.1, 0.15) is 18.3 Å². The van der Waals surface area contributed by atoms with Gasteiger partial charge >= 0.3 is 0 Å². The van der Waals surface area contributed by atoms with Crippen molar-refractivity contribution in [3.8, 4) is 0 Å². The number of morpholine rings is 1. The van der Waals surface area contributed by atoms with Gasteiger partial charge in [0.05, 0.1) is 31.3 Å². The van der Waals surface area contributed by atoms with Crippen LogP contribution in [0.25, 0.3) is 0 Å². The summed E-state index contributed by atoms with van der Waals surface area (Å²) in [5.41, 5.74) is 0.816. The van der Waals surface area contributed by atoms with E-state index in [0.29, 0.717) is 39.2 Å². The average Bonchev–Trinajstić information content (AvgIpc) is 3.42. The van der Waals surface area contributed by atoms with Gasteiger partial charge in [-0.05, 0) is 17.4 Å². The molecule has 4 saturated heterocycles. The summed E-state index contributed by atoms with van der Waals surface area (Å²) in [7, 11) is 0. The number of hydrogen-bond donors (Lipinski definition) is 3. The van der Waals surface area contributed by atoms with Gasteiger partial charge in [0, 0.05) is 51.7 Å². The summed E-state index contributed by atoms with van der Waals surface area (Å²) >= 11 is 0. The van der Waals surface area contributed by atoms with E-state index in [4.69, 9.17) is 9.47 Å². The van der Waals surface area contributed by atoms with Crippen LogP contribution in [0.3, 0.4) is 0 Å². The molecule has 11 heteroatoms. The Kier molecular flexibility index (Phi) is 9.01. The molecule has 0 saturated carbocycles. The number of likely N-dealkylation sites (tertiary alicyclic amines) is 1. The molecule has 3 N–H and O–H groups in total. The highest BCUT2D eigenvalue weighted by Crippen LogP contribution is 2.28. The highest BCUT2D eigenvalue weighted by Gasteiger charge is 2.46. The molecule has 11 nitrogen and oxygen atoms in total. The maximum Gasteiger partial charge on any atom is 0.240 e. The Bertz CT molecular complexity index is 1100. The van der Waals surface area contributed by atoms with E-state index in [1.165, 1.54) is 0 Å². The van der Waals surface area contributed by atoms with Crippen molar-refractivity contribution in [2.75, 3.05) is 39.3 Å². The van der Waals surface area contributed by atoms with Crippen LogP contribution in [-0.4, -0.2) is 125 Å². The minimum atomic E-state index is -1.25. The van der Waals surface area contributed by atoms with Gasteiger partial charge in [-0.25, -0.2) is 0 Å². The Hall–Kier alpha value is -2.57. The minimum absolute atomic E-state index is 0.000102. The van der Waals surface area contributed by atoms with Crippen LogP contribution in [0.15, 0.2) is 30.3 Å².